The molecule has 8 heteroatoms. The van der Waals surface area contributed by atoms with Gasteiger partial charge in [0.05, 0.1) is 6.10 Å². The molecule has 164 valence electrons. The van der Waals surface area contributed by atoms with E-state index >= 15 is 0 Å². The van der Waals surface area contributed by atoms with Crippen LogP contribution in [0.2, 0.25) is 0 Å². The molecule has 0 aliphatic carbocycles. The largest absolute Gasteiger partial charge is 0.463 e. The molecule has 0 aromatic heterocycles. The molecule has 0 aromatic rings. The van der Waals surface area contributed by atoms with Crippen LogP contribution >= 0.6 is 0 Å². The Bertz CT molecular complexity index is 480. The van der Waals surface area contributed by atoms with Crippen molar-refractivity contribution >= 4 is 18.2 Å². The number of alkyl carbamates (subject to hydrolysis) is 2. The highest BCUT2D eigenvalue weighted by Gasteiger charge is 2.22. The van der Waals surface area contributed by atoms with Gasteiger partial charge in [-0.2, -0.15) is 0 Å². The van der Waals surface area contributed by atoms with Crippen molar-refractivity contribution in [2.45, 2.75) is 110 Å². The fourth-order valence-electron chi connectivity index (χ4n) is 2.35. The third kappa shape index (κ3) is 16.4. The van der Waals surface area contributed by atoms with E-state index in [0.29, 0.717) is 12.8 Å². The molecular formula is C20H37NO7. The lowest BCUT2D eigenvalue weighted by Gasteiger charge is -2.21. The normalized spacial score (nSPS) is 21.4. The number of rotatable bonds is 0. The summed E-state index contributed by atoms with van der Waals surface area (Å²) >= 11 is 0. The number of aliphatic hydroxyl groups is 1. The summed E-state index contributed by atoms with van der Waals surface area (Å²) in [4.78, 5) is 33.4. The van der Waals surface area contributed by atoms with Crippen LogP contribution in [0.15, 0.2) is 0 Å². The Balaban J connectivity index is 0.000000525. The summed E-state index contributed by atoms with van der Waals surface area (Å²) in [6, 6.07) is 0. The Morgan fingerprint density at radius 1 is 1.00 bits per heavy atom. The zero-order valence-corrected chi connectivity index (χ0v) is 18.3. The number of esters is 1. The first-order chi connectivity index (χ1) is 12.7. The number of aliphatic hydroxyl groups excluding tert-OH is 1. The first-order valence-electron chi connectivity index (χ1n) is 9.78. The Morgan fingerprint density at radius 2 is 1.50 bits per heavy atom. The maximum atomic E-state index is 11.1. The van der Waals surface area contributed by atoms with Crippen molar-refractivity contribution in [1.82, 2.24) is 5.32 Å². The van der Waals surface area contributed by atoms with Crippen LogP contribution in [0, 0.1) is 0 Å². The van der Waals surface area contributed by atoms with Gasteiger partial charge in [-0.1, -0.05) is 12.8 Å². The van der Waals surface area contributed by atoms with Crippen LogP contribution in [-0.4, -0.2) is 46.7 Å². The van der Waals surface area contributed by atoms with Crippen molar-refractivity contribution in [1.29, 1.82) is 0 Å². The smallest absolute Gasteiger partial charge is 0.417 e. The predicted molar refractivity (Wildman–Crippen MR) is 105 cm³/mol. The Morgan fingerprint density at radius 3 is 1.96 bits per heavy atom. The quantitative estimate of drug-likeness (QED) is 0.463. The molecule has 1 aliphatic heterocycles. The highest BCUT2D eigenvalue weighted by molar-refractivity contribution is 5.87. The van der Waals surface area contributed by atoms with Gasteiger partial charge >= 0.3 is 18.2 Å². The molecule has 28 heavy (non-hydrogen) atoms. The third-order valence-corrected chi connectivity index (χ3v) is 3.36. The summed E-state index contributed by atoms with van der Waals surface area (Å²) in [5.41, 5.74) is -1.27. The minimum absolute atomic E-state index is 0.124. The maximum absolute atomic E-state index is 11.1. The molecule has 8 nitrogen and oxygen atoms in total. The Kier molecular flexibility index (Phi) is 11.1. The first-order valence-corrected chi connectivity index (χ1v) is 9.78. The van der Waals surface area contributed by atoms with Gasteiger partial charge in [0.1, 0.15) is 17.3 Å². The number of amides is 2. The number of carbonyl (C=O) groups is 3. The average Bonchev–Trinajstić information content (AvgIpc) is 2.42. The van der Waals surface area contributed by atoms with Gasteiger partial charge in [-0.25, -0.2) is 14.9 Å². The van der Waals surface area contributed by atoms with Crippen LogP contribution in [0.1, 0.15) is 87.0 Å². The van der Waals surface area contributed by atoms with Crippen molar-refractivity contribution in [3.8, 4) is 0 Å². The molecule has 2 N–H and O–H groups in total. The standard InChI is InChI=1S/C10H19NO4.C10H18O3/c1-9(2,3)14-7(12)11-8(13)15-10(4,5)6;1-8-7-9(11)5-3-2-4-6-10(12)13-8/h1-6H3,(H,11,12,13);8-9,11H,2-7H2,1H3. The molecule has 1 saturated heterocycles. The summed E-state index contributed by atoms with van der Waals surface area (Å²) < 4.78 is 14.8. The topological polar surface area (TPSA) is 111 Å². The highest BCUT2D eigenvalue weighted by Crippen LogP contribution is 2.15. The lowest BCUT2D eigenvalue weighted by atomic mass is 10.0. The minimum Gasteiger partial charge on any atom is -0.463 e. The molecule has 1 aliphatic rings. The molecule has 0 bridgehead atoms. The SMILES string of the molecule is CC(C)(C)OC(=O)NC(=O)OC(C)(C)C.CC1CC(O)CCCCCC(=O)O1. The fourth-order valence-corrected chi connectivity index (χ4v) is 2.35. The minimum atomic E-state index is -0.809. The second-order valence-electron chi connectivity index (χ2n) is 8.92. The van der Waals surface area contributed by atoms with Crippen LogP contribution < -0.4 is 5.32 Å². The highest BCUT2D eigenvalue weighted by atomic mass is 16.6. The molecular weight excluding hydrogens is 366 g/mol. The Hall–Kier alpha value is -1.83. The number of hydrogen-bond acceptors (Lipinski definition) is 7. The van der Waals surface area contributed by atoms with Gasteiger partial charge in [0.15, 0.2) is 0 Å². The second kappa shape index (κ2) is 11.9. The molecule has 2 unspecified atom stereocenters. The molecule has 2 amide bonds. The predicted octanol–water partition coefficient (Wildman–Crippen LogP) is 4.08. The molecule has 1 heterocycles. The van der Waals surface area contributed by atoms with Crippen molar-refractivity contribution in [2.24, 2.45) is 0 Å². The van der Waals surface area contributed by atoms with E-state index < -0.39 is 23.4 Å². The van der Waals surface area contributed by atoms with Crippen LogP contribution in [0.5, 0.6) is 0 Å². The van der Waals surface area contributed by atoms with Gasteiger partial charge < -0.3 is 19.3 Å². The van der Waals surface area contributed by atoms with E-state index in [-0.39, 0.29) is 18.2 Å². The van der Waals surface area contributed by atoms with E-state index in [1.54, 1.807) is 41.5 Å². The van der Waals surface area contributed by atoms with E-state index in [1.165, 1.54) is 0 Å². The van der Waals surface area contributed by atoms with E-state index in [2.05, 4.69) is 0 Å². The molecule has 1 fully saturated rings. The molecule has 2 atom stereocenters. The maximum Gasteiger partial charge on any atom is 0.417 e. The zero-order valence-electron chi connectivity index (χ0n) is 18.3. The number of imide groups is 1. The van der Waals surface area contributed by atoms with E-state index in [9.17, 15) is 19.5 Å². The van der Waals surface area contributed by atoms with Crippen LogP contribution in [-0.2, 0) is 19.0 Å². The van der Waals surface area contributed by atoms with Gasteiger partial charge in [-0.3, -0.25) is 4.79 Å². The molecule has 0 aromatic carbocycles. The zero-order chi connectivity index (χ0) is 22.0. The van der Waals surface area contributed by atoms with E-state index in [1.807, 2.05) is 12.2 Å². The summed E-state index contributed by atoms with van der Waals surface area (Å²) in [6.07, 6.45) is 2.80. The van der Waals surface area contributed by atoms with Gasteiger partial charge in [-0.15, -0.1) is 0 Å². The van der Waals surface area contributed by atoms with E-state index in [0.717, 1.165) is 25.7 Å². The summed E-state index contributed by atoms with van der Waals surface area (Å²) in [7, 11) is 0. The van der Waals surface area contributed by atoms with Crippen molar-refractivity contribution in [2.75, 3.05) is 0 Å². The lowest BCUT2D eigenvalue weighted by molar-refractivity contribution is -0.149. The van der Waals surface area contributed by atoms with Gasteiger partial charge in [-0.05, 0) is 61.3 Å². The molecule has 1 rings (SSSR count). The van der Waals surface area contributed by atoms with Crippen LogP contribution in [0.25, 0.3) is 0 Å². The van der Waals surface area contributed by atoms with E-state index in [4.69, 9.17) is 14.2 Å². The number of hydrogen-bond donors (Lipinski definition) is 2. The molecule has 0 spiro atoms. The van der Waals surface area contributed by atoms with Crippen LogP contribution in [0.3, 0.4) is 0 Å². The number of ether oxygens (including phenoxy) is 3. The third-order valence-electron chi connectivity index (χ3n) is 3.36. The summed E-state index contributed by atoms with van der Waals surface area (Å²) in [5.74, 6) is -0.124. The summed E-state index contributed by atoms with van der Waals surface area (Å²) in [6.45, 7) is 12.1. The van der Waals surface area contributed by atoms with Gasteiger partial charge in [0.2, 0.25) is 0 Å². The first kappa shape index (κ1) is 26.2. The van der Waals surface area contributed by atoms with Crippen LogP contribution in [0.4, 0.5) is 9.59 Å². The van der Waals surface area contributed by atoms with Gasteiger partial charge in [0, 0.05) is 12.8 Å². The fraction of sp³-hybridized carbons (Fsp3) is 0.850. The number of carbonyl (C=O) groups excluding carboxylic acids is 3. The monoisotopic (exact) mass is 403 g/mol. The number of cyclic esters (lactones) is 1. The van der Waals surface area contributed by atoms with Crippen molar-refractivity contribution in [3.05, 3.63) is 0 Å². The lowest BCUT2D eigenvalue weighted by Crippen LogP contribution is -2.39. The van der Waals surface area contributed by atoms with Crippen molar-refractivity contribution in [3.63, 3.8) is 0 Å². The summed E-state index contributed by atoms with van der Waals surface area (Å²) in [5, 5.41) is 11.5. The molecule has 0 saturated carbocycles. The average molecular weight is 404 g/mol. The molecule has 0 radical (unpaired) electrons. The van der Waals surface area contributed by atoms with Crippen molar-refractivity contribution < 1.29 is 33.7 Å². The second-order valence-corrected chi connectivity index (χ2v) is 8.92. The van der Waals surface area contributed by atoms with Gasteiger partial charge in [0.25, 0.3) is 0 Å². The number of nitrogens with one attached hydrogen (secondary N) is 1. The Labute approximate surface area is 168 Å².